The highest BCUT2D eigenvalue weighted by Gasteiger charge is 2.39. The lowest BCUT2D eigenvalue weighted by molar-refractivity contribution is 0.342. The summed E-state index contributed by atoms with van der Waals surface area (Å²) in [7, 11) is 0. The van der Waals surface area contributed by atoms with Gasteiger partial charge in [-0.2, -0.15) is 5.10 Å². The maximum absolute atomic E-state index is 9.48. The molecule has 0 atom stereocenters. The van der Waals surface area contributed by atoms with Crippen LogP contribution in [0, 0.1) is 5.41 Å². The molecular formula is C16H21ClN4OS. The van der Waals surface area contributed by atoms with Crippen molar-refractivity contribution in [1.29, 1.82) is 0 Å². The summed E-state index contributed by atoms with van der Waals surface area (Å²) in [5.74, 6) is 0.854. The highest BCUT2D eigenvalue weighted by molar-refractivity contribution is 7.98. The van der Waals surface area contributed by atoms with Gasteiger partial charge in [0.25, 0.3) is 0 Å². The molecule has 0 bridgehead atoms. The van der Waals surface area contributed by atoms with Gasteiger partial charge < -0.3 is 5.11 Å². The summed E-state index contributed by atoms with van der Waals surface area (Å²) >= 11 is 7.36. The van der Waals surface area contributed by atoms with Gasteiger partial charge in [0.15, 0.2) is 0 Å². The summed E-state index contributed by atoms with van der Waals surface area (Å²) < 4.78 is 3.27. The molecule has 0 unspecified atom stereocenters. The van der Waals surface area contributed by atoms with Gasteiger partial charge >= 0.3 is 0 Å². The van der Waals surface area contributed by atoms with Gasteiger partial charge in [-0.25, -0.2) is 5.01 Å². The number of halogens is 1. The molecule has 2 N–H and O–H groups in total. The van der Waals surface area contributed by atoms with E-state index < -0.39 is 0 Å². The average molecular weight is 353 g/mol. The number of rotatable bonds is 3. The highest BCUT2D eigenvalue weighted by Crippen LogP contribution is 2.40. The van der Waals surface area contributed by atoms with Crippen molar-refractivity contribution in [3.8, 4) is 5.75 Å². The van der Waals surface area contributed by atoms with Gasteiger partial charge in [-0.1, -0.05) is 24.4 Å². The minimum atomic E-state index is 0.0887. The quantitative estimate of drug-likeness (QED) is 0.492. The van der Waals surface area contributed by atoms with Gasteiger partial charge in [0, 0.05) is 23.1 Å². The van der Waals surface area contributed by atoms with Crippen LogP contribution in [0.3, 0.4) is 0 Å². The molecule has 1 fully saturated rings. The first-order valence-electron chi connectivity index (χ1n) is 7.90. The predicted molar refractivity (Wildman–Crippen MR) is 96.2 cm³/mol. The molecule has 2 aliphatic rings. The number of phenolic OH excluding ortho intramolecular Hbond substituents is 1. The molecule has 1 aliphatic carbocycles. The number of aromatic hydroxyl groups is 1. The Morgan fingerprint density at radius 3 is 2.96 bits per heavy atom. The second-order valence-corrected chi connectivity index (χ2v) is 7.27. The minimum absolute atomic E-state index is 0.0887. The number of hydrogen-bond acceptors (Lipinski definition) is 4. The number of guanidine groups is 1. The Morgan fingerprint density at radius 2 is 2.26 bits per heavy atom. The van der Waals surface area contributed by atoms with Gasteiger partial charge in [0.1, 0.15) is 5.75 Å². The topological polar surface area (TPSA) is 60.2 Å². The third kappa shape index (κ3) is 3.75. The first-order chi connectivity index (χ1) is 11.1. The molecule has 5 nitrogen and oxygen atoms in total. The van der Waals surface area contributed by atoms with Crippen molar-refractivity contribution in [2.75, 3.05) is 13.1 Å². The fourth-order valence-corrected chi connectivity index (χ4v) is 3.98. The lowest BCUT2D eigenvalue weighted by Crippen LogP contribution is -2.37. The van der Waals surface area contributed by atoms with Crippen molar-refractivity contribution in [3.63, 3.8) is 0 Å². The molecule has 23 heavy (non-hydrogen) atoms. The number of phenols is 1. The van der Waals surface area contributed by atoms with Crippen LogP contribution in [0.2, 0.25) is 5.02 Å². The molecule has 1 aromatic carbocycles. The Labute approximate surface area is 145 Å². The minimum Gasteiger partial charge on any atom is -0.506 e. The standard InChI is InChI=1S/C16H21ClN4OS/c1-2-18-15(20-23-12-5-6-14(22)13(17)9-12)21-11-16(10-19-21)7-3-4-8-16/h5-6,9-10,22H,2-4,7-8,11H2,1H3,(H,18,20). The third-order valence-electron chi connectivity index (χ3n) is 4.27. The van der Waals surface area contributed by atoms with Crippen LogP contribution < -0.4 is 4.72 Å². The molecule has 3 rings (SSSR count). The summed E-state index contributed by atoms with van der Waals surface area (Å²) in [6, 6.07) is 5.13. The Morgan fingerprint density at radius 1 is 1.48 bits per heavy atom. The molecule has 1 aromatic rings. The summed E-state index contributed by atoms with van der Waals surface area (Å²) in [5, 5.41) is 16.4. The number of benzene rings is 1. The normalized spacial score (nSPS) is 19.7. The number of aliphatic imine (C=N–C) groups is 1. The molecule has 1 saturated carbocycles. The summed E-state index contributed by atoms with van der Waals surface area (Å²) in [6.45, 7) is 3.60. The predicted octanol–water partition coefficient (Wildman–Crippen LogP) is 3.88. The SMILES string of the molecule is CCN=C(NSc1ccc(O)c(Cl)c1)N1CC2(C=N1)CCCC2. The zero-order valence-corrected chi connectivity index (χ0v) is 14.7. The summed E-state index contributed by atoms with van der Waals surface area (Å²) in [6.07, 6.45) is 7.11. The molecule has 0 amide bonds. The Hall–Kier alpha value is -1.40. The second kappa shape index (κ2) is 7.01. The highest BCUT2D eigenvalue weighted by atomic mass is 35.5. The molecule has 7 heteroatoms. The van der Waals surface area contributed by atoms with Crippen LogP contribution in [-0.4, -0.2) is 35.4 Å². The van der Waals surface area contributed by atoms with Crippen LogP contribution in [0.25, 0.3) is 0 Å². The maximum atomic E-state index is 9.48. The third-order valence-corrected chi connectivity index (χ3v) is 5.34. The fraction of sp³-hybridized carbons (Fsp3) is 0.500. The van der Waals surface area contributed by atoms with E-state index in [0.717, 1.165) is 17.4 Å². The summed E-state index contributed by atoms with van der Waals surface area (Å²) in [5.41, 5.74) is 0.239. The molecule has 124 valence electrons. The van der Waals surface area contributed by atoms with Crippen LogP contribution in [0.4, 0.5) is 0 Å². The Bertz CT molecular complexity index is 629. The van der Waals surface area contributed by atoms with E-state index in [9.17, 15) is 5.11 Å². The molecule has 1 heterocycles. The van der Waals surface area contributed by atoms with Gasteiger partial charge in [-0.3, -0.25) is 9.71 Å². The van der Waals surface area contributed by atoms with Gasteiger partial charge in [0.05, 0.1) is 11.6 Å². The number of hydrogen-bond donors (Lipinski definition) is 2. The lowest BCUT2D eigenvalue weighted by Gasteiger charge is -2.23. The molecule has 1 spiro atoms. The van der Waals surface area contributed by atoms with E-state index in [0.29, 0.717) is 11.6 Å². The fourth-order valence-electron chi connectivity index (χ4n) is 3.04. The zero-order valence-electron chi connectivity index (χ0n) is 13.1. The van der Waals surface area contributed by atoms with Gasteiger partial charge in [0.2, 0.25) is 5.96 Å². The van der Waals surface area contributed by atoms with Crippen molar-refractivity contribution in [3.05, 3.63) is 23.2 Å². The summed E-state index contributed by atoms with van der Waals surface area (Å²) in [4.78, 5) is 5.44. The lowest BCUT2D eigenvalue weighted by atomic mass is 9.88. The van der Waals surface area contributed by atoms with E-state index in [2.05, 4.69) is 21.0 Å². The van der Waals surface area contributed by atoms with E-state index in [1.165, 1.54) is 37.6 Å². The molecule has 0 aromatic heterocycles. The number of nitrogens with one attached hydrogen (secondary N) is 1. The van der Waals surface area contributed by atoms with Crippen LogP contribution in [-0.2, 0) is 0 Å². The Kier molecular flexibility index (Phi) is 5.02. The first-order valence-corrected chi connectivity index (χ1v) is 9.10. The monoisotopic (exact) mass is 352 g/mol. The molecule has 0 radical (unpaired) electrons. The van der Waals surface area contributed by atoms with Crippen LogP contribution in [0.15, 0.2) is 33.2 Å². The van der Waals surface area contributed by atoms with E-state index in [1.807, 2.05) is 18.0 Å². The maximum Gasteiger partial charge on any atom is 0.225 e. The van der Waals surface area contributed by atoms with E-state index >= 15 is 0 Å². The van der Waals surface area contributed by atoms with Crippen LogP contribution >= 0.6 is 23.5 Å². The van der Waals surface area contributed by atoms with Crippen molar-refractivity contribution in [2.24, 2.45) is 15.5 Å². The first kappa shape index (κ1) is 16.5. The zero-order chi connectivity index (χ0) is 16.3. The van der Waals surface area contributed by atoms with Crippen molar-refractivity contribution in [1.82, 2.24) is 9.73 Å². The van der Waals surface area contributed by atoms with Gasteiger partial charge in [-0.15, -0.1) is 0 Å². The second-order valence-electron chi connectivity index (χ2n) is 5.99. The molecule has 0 saturated heterocycles. The average Bonchev–Trinajstić information content (AvgIpc) is 3.17. The van der Waals surface area contributed by atoms with E-state index in [4.69, 9.17) is 11.6 Å². The van der Waals surface area contributed by atoms with Crippen LogP contribution in [0.1, 0.15) is 32.6 Å². The number of hydrazone groups is 1. The van der Waals surface area contributed by atoms with Crippen molar-refractivity contribution in [2.45, 2.75) is 37.5 Å². The Balaban J connectivity index is 1.65. The van der Waals surface area contributed by atoms with E-state index in [1.54, 1.807) is 12.1 Å². The molecule has 1 aliphatic heterocycles. The van der Waals surface area contributed by atoms with Gasteiger partial charge in [-0.05, 0) is 49.9 Å². The number of nitrogens with zero attached hydrogens (tertiary/aromatic N) is 3. The molecular weight excluding hydrogens is 332 g/mol. The van der Waals surface area contributed by atoms with Crippen LogP contribution in [0.5, 0.6) is 5.75 Å². The van der Waals surface area contributed by atoms with Crippen molar-refractivity contribution >= 4 is 35.7 Å². The van der Waals surface area contributed by atoms with E-state index in [-0.39, 0.29) is 11.2 Å². The largest absolute Gasteiger partial charge is 0.506 e. The van der Waals surface area contributed by atoms with Crippen molar-refractivity contribution < 1.29 is 5.11 Å². The smallest absolute Gasteiger partial charge is 0.225 e.